The summed E-state index contributed by atoms with van der Waals surface area (Å²) in [6.07, 6.45) is 4.19. The molecule has 2 amide bonds. The van der Waals surface area contributed by atoms with Crippen molar-refractivity contribution in [2.75, 3.05) is 11.9 Å². The molecule has 25 heavy (non-hydrogen) atoms. The van der Waals surface area contributed by atoms with E-state index in [1.807, 2.05) is 18.7 Å². The number of nitrogens with zero attached hydrogens (tertiary/aromatic N) is 3. The number of aromatic nitrogens is 2. The van der Waals surface area contributed by atoms with Gasteiger partial charge in [0.1, 0.15) is 0 Å². The van der Waals surface area contributed by atoms with Crippen LogP contribution in [0.4, 0.5) is 10.5 Å². The largest absolute Gasteiger partial charge is 0.322 e. The smallest absolute Gasteiger partial charge is 0.317 e. The standard InChI is InChI=1S/C19H23N5O/c1-13-18(14(2)23-22-13)17-6-4-3-5-11-24(17)19(25)21-16-9-7-15(12-20)8-10-16/h7-10,17H,3-6,11H2,1-2H3,(H,21,25)(H,22,23)/t17-/m1/s1. The number of benzene rings is 1. The highest BCUT2D eigenvalue weighted by molar-refractivity contribution is 5.89. The monoisotopic (exact) mass is 337 g/mol. The molecule has 2 heterocycles. The minimum atomic E-state index is -0.100. The second-order valence-corrected chi connectivity index (χ2v) is 6.53. The maximum atomic E-state index is 12.9. The number of aryl methyl sites for hydroxylation is 2. The number of H-pyrrole nitrogens is 1. The highest BCUT2D eigenvalue weighted by Gasteiger charge is 2.30. The SMILES string of the molecule is Cc1n[nH]c(C)c1[C@H]1CCCCCN1C(=O)Nc1ccc(C#N)cc1. The molecule has 0 unspecified atom stereocenters. The van der Waals surface area contributed by atoms with Crippen LogP contribution in [0.15, 0.2) is 24.3 Å². The Bertz CT molecular complexity index is 768. The van der Waals surface area contributed by atoms with Gasteiger partial charge in [-0.25, -0.2) is 4.79 Å². The average molecular weight is 337 g/mol. The molecule has 1 aromatic carbocycles. The van der Waals surface area contributed by atoms with Crippen LogP contribution in [0.25, 0.3) is 0 Å². The summed E-state index contributed by atoms with van der Waals surface area (Å²) in [5.74, 6) is 0. The highest BCUT2D eigenvalue weighted by Crippen LogP contribution is 2.33. The summed E-state index contributed by atoms with van der Waals surface area (Å²) >= 11 is 0. The topological polar surface area (TPSA) is 84.8 Å². The third kappa shape index (κ3) is 3.66. The number of urea groups is 1. The molecule has 0 spiro atoms. The lowest BCUT2D eigenvalue weighted by Gasteiger charge is -2.30. The number of likely N-dealkylation sites (tertiary alicyclic amines) is 1. The Balaban J connectivity index is 1.83. The quantitative estimate of drug-likeness (QED) is 0.867. The van der Waals surface area contributed by atoms with Crippen LogP contribution < -0.4 is 5.32 Å². The first-order valence-electron chi connectivity index (χ1n) is 8.69. The highest BCUT2D eigenvalue weighted by atomic mass is 16.2. The third-order valence-corrected chi connectivity index (χ3v) is 4.80. The van der Waals surface area contributed by atoms with E-state index in [1.165, 1.54) is 0 Å². The van der Waals surface area contributed by atoms with Crippen LogP contribution >= 0.6 is 0 Å². The Morgan fingerprint density at radius 3 is 2.68 bits per heavy atom. The number of anilines is 1. The van der Waals surface area contributed by atoms with Crippen LogP contribution in [-0.2, 0) is 0 Å². The van der Waals surface area contributed by atoms with E-state index >= 15 is 0 Å². The van der Waals surface area contributed by atoms with Gasteiger partial charge in [0.2, 0.25) is 0 Å². The molecule has 6 heteroatoms. The van der Waals surface area contributed by atoms with Gasteiger partial charge in [0.25, 0.3) is 0 Å². The first-order valence-corrected chi connectivity index (χ1v) is 8.69. The van der Waals surface area contributed by atoms with Crippen LogP contribution in [0.2, 0.25) is 0 Å². The van der Waals surface area contributed by atoms with Crippen molar-refractivity contribution in [2.24, 2.45) is 0 Å². The van der Waals surface area contributed by atoms with Crippen LogP contribution in [0, 0.1) is 25.2 Å². The van der Waals surface area contributed by atoms with Crippen molar-refractivity contribution in [2.45, 2.75) is 45.6 Å². The molecule has 2 N–H and O–H groups in total. The number of amides is 2. The predicted octanol–water partition coefficient (Wildman–Crippen LogP) is 4.05. The molecule has 130 valence electrons. The first kappa shape index (κ1) is 17.0. The molecule has 1 atom stereocenters. The Labute approximate surface area is 147 Å². The Hall–Kier alpha value is -2.81. The summed E-state index contributed by atoms with van der Waals surface area (Å²) in [4.78, 5) is 14.8. The molecular formula is C19H23N5O. The molecule has 6 nitrogen and oxygen atoms in total. The summed E-state index contributed by atoms with van der Waals surface area (Å²) < 4.78 is 0. The number of aromatic amines is 1. The van der Waals surface area contributed by atoms with E-state index in [9.17, 15) is 4.79 Å². The number of nitriles is 1. The Morgan fingerprint density at radius 2 is 2.04 bits per heavy atom. The van der Waals surface area contributed by atoms with Crippen molar-refractivity contribution in [3.05, 3.63) is 46.8 Å². The fourth-order valence-corrected chi connectivity index (χ4v) is 3.53. The average Bonchev–Trinajstić information content (AvgIpc) is 2.82. The molecule has 3 rings (SSSR count). The van der Waals surface area contributed by atoms with E-state index in [1.54, 1.807) is 24.3 Å². The van der Waals surface area contributed by atoms with Crippen molar-refractivity contribution >= 4 is 11.7 Å². The summed E-state index contributed by atoms with van der Waals surface area (Å²) in [7, 11) is 0. The van der Waals surface area contributed by atoms with Crippen LogP contribution in [0.5, 0.6) is 0 Å². The molecule has 1 fully saturated rings. The lowest BCUT2D eigenvalue weighted by molar-refractivity contribution is 0.189. The summed E-state index contributed by atoms with van der Waals surface area (Å²) in [5, 5.41) is 19.2. The van der Waals surface area contributed by atoms with E-state index in [0.29, 0.717) is 11.3 Å². The van der Waals surface area contributed by atoms with Gasteiger partial charge in [-0.15, -0.1) is 0 Å². The fraction of sp³-hybridized carbons (Fsp3) is 0.421. The fourth-order valence-electron chi connectivity index (χ4n) is 3.53. The van der Waals surface area contributed by atoms with Gasteiger partial charge in [0.15, 0.2) is 0 Å². The molecule has 0 radical (unpaired) electrons. The molecule has 0 aliphatic carbocycles. The van der Waals surface area contributed by atoms with E-state index in [2.05, 4.69) is 21.6 Å². The molecule has 1 aromatic heterocycles. The minimum Gasteiger partial charge on any atom is -0.317 e. The van der Waals surface area contributed by atoms with Crippen LogP contribution in [0.3, 0.4) is 0 Å². The number of nitrogens with one attached hydrogen (secondary N) is 2. The Morgan fingerprint density at radius 1 is 1.28 bits per heavy atom. The first-order chi connectivity index (χ1) is 12.1. The van der Waals surface area contributed by atoms with Gasteiger partial charge >= 0.3 is 6.03 Å². The normalized spacial score (nSPS) is 17.6. The number of hydrogen-bond acceptors (Lipinski definition) is 3. The zero-order valence-electron chi connectivity index (χ0n) is 14.7. The number of hydrogen-bond donors (Lipinski definition) is 2. The van der Waals surface area contributed by atoms with E-state index in [0.717, 1.165) is 49.2 Å². The number of rotatable bonds is 2. The molecule has 0 bridgehead atoms. The van der Waals surface area contributed by atoms with E-state index in [-0.39, 0.29) is 12.1 Å². The zero-order chi connectivity index (χ0) is 17.8. The maximum absolute atomic E-state index is 12.9. The van der Waals surface area contributed by atoms with Gasteiger partial charge in [-0.2, -0.15) is 10.4 Å². The summed E-state index contributed by atoms with van der Waals surface area (Å²) in [6.45, 7) is 4.73. The predicted molar refractivity (Wildman–Crippen MR) is 96.2 cm³/mol. The second-order valence-electron chi connectivity index (χ2n) is 6.53. The third-order valence-electron chi connectivity index (χ3n) is 4.80. The molecule has 0 saturated carbocycles. The van der Waals surface area contributed by atoms with Crippen molar-refractivity contribution in [3.63, 3.8) is 0 Å². The van der Waals surface area contributed by atoms with Gasteiger partial charge in [0.05, 0.1) is 23.4 Å². The zero-order valence-corrected chi connectivity index (χ0v) is 14.7. The van der Waals surface area contributed by atoms with E-state index in [4.69, 9.17) is 5.26 Å². The maximum Gasteiger partial charge on any atom is 0.322 e. The van der Waals surface area contributed by atoms with Crippen molar-refractivity contribution in [1.82, 2.24) is 15.1 Å². The number of carbonyl (C=O) groups excluding carboxylic acids is 1. The second kappa shape index (κ2) is 7.39. The summed E-state index contributed by atoms with van der Waals surface area (Å²) in [6, 6.07) is 8.96. The summed E-state index contributed by atoms with van der Waals surface area (Å²) in [5.41, 5.74) is 4.40. The van der Waals surface area contributed by atoms with Crippen LogP contribution in [-0.4, -0.2) is 27.7 Å². The number of carbonyl (C=O) groups is 1. The van der Waals surface area contributed by atoms with Crippen molar-refractivity contribution in [1.29, 1.82) is 5.26 Å². The van der Waals surface area contributed by atoms with E-state index < -0.39 is 0 Å². The van der Waals surface area contributed by atoms with Gasteiger partial charge < -0.3 is 10.2 Å². The Kier molecular flexibility index (Phi) is 5.03. The minimum absolute atomic E-state index is 0.0413. The van der Waals surface area contributed by atoms with Gasteiger partial charge in [0, 0.05) is 23.5 Å². The van der Waals surface area contributed by atoms with Crippen molar-refractivity contribution in [3.8, 4) is 6.07 Å². The van der Waals surface area contributed by atoms with Crippen LogP contribution in [0.1, 0.15) is 54.2 Å². The van der Waals surface area contributed by atoms with Gasteiger partial charge in [-0.05, 0) is 51.0 Å². The van der Waals surface area contributed by atoms with Gasteiger partial charge in [-0.1, -0.05) is 12.8 Å². The molecule has 1 saturated heterocycles. The molecule has 1 aliphatic heterocycles. The lowest BCUT2D eigenvalue weighted by atomic mass is 9.99. The molecular weight excluding hydrogens is 314 g/mol. The van der Waals surface area contributed by atoms with Crippen molar-refractivity contribution < 1.29 is 4.79 Å². The van der Waals surface area contributed by atoms with Gasteiger partial charge in [-0.3, -0.25) is 5.10 Å². The molecule has 1 aliphatic rings. The molecule has 2 aromatic rings. The lowest BCUT2D eigenvalue weighted by Crippen LogP contribution is -2.38.